The minimum absolute atomic E-state index is 0.116. The van der Waals surface area contributed by atoms with Gasteiger partial charge in [-0.1, -0.05) is 45.8 Å². The van der Waals surface area contributed by atoms with E-state index in [1.165, 1.54) is 24.5 Å². The molecule has 3 atom stereocenters. The number of benzene rings is 2. The summed E-state index contributed by atoms with van der Waals surface area (Å²) in [5.41, 5.74) is 3.19. The number of carboxylic acid groups (broad SMARTS) is 1. The lowest BCUT2D eigenvalue weighted by Crippen LogP contribution is -2.38. The van der Waals surface area contributed by atoms with E-state index in [0.717, 1.165) is 53.4 Å². The Labute approximate surface area is 238 Å². The highest BCUT2D eigenvalue weighted by Gasteiger charge is 2.46. The van der Waals surface area contributed by atoms with Crippen LogP contribution < -0.4 is 9.64 Å². The summed E-state index contributed by atoms with van der Waals surface area (Å²) in [5.74, 6) is 1.12. The summed E-state index contributed by atoms with van der Waals surface area (Å²) in [6.07, 6.45) is 4.21. The van der Waals surface area contributed by atoms with E-state index in [-0.39, 0.29) is 11.7 Å². The number of hydrogen-bond donors (Lipinski definition) is 1. The molecule has 2 aromatic carbocycles. The van der Waals surface area contributed by atoms with Gasteiger partial charge in [-0.2, -0.15) is 0 Å². The predicted octanol–water partition coefficient (Wildman–Crippen LogP) is 7.03. The maximum Gasteiger partial charge on any atom is 0.335 e. The molecule has 39 heavy (non-hydrogen) atoms. The number of hydrogen-bond acceptors (Lipinski definition) is 8. The van der Waals surface area contributed by atoms with Crippen molar-refractivity contribution in [2.75, 3.05) is 18.6 Å². The molecular formula is C28H25Cl2N3O5S. The largest absolute Gasteiger partial charge is 0.494 e. The van der Waals surface area contributed by atoms with Gasteiger partial charge in [0, 0.05) is 35.5 Å². The summed E-state index contributed by atoms with van der Waals surface area (Å²) in [6, 6.07) is 8.94. The highest BCUT2D eigenvalue weighted by molar-refractivity contribution is 7.22. The average Bonchev–Trinajstić information content (AvgIpc) is 3.24. The molecule has 2 aliphatic carbocycles. The first-order valence-corrected chi connectivity index (χ1v) is 14.5. The minimum atomic E-state index is -0.983. The molecule has 0 spiro atoms. The number of aromatic nitrogens is 2. The molecule has 7 rings (SSSR count). The van der Waals surface area contributed by atoms with E-state index in [2.05, 4.69) is 10.1 Å². The van der Waals surface area contributed by atoms with Gasteiger partial charge in [-0.25, -0.2) is 9.78 Å². The van der Waals surface area contributed by atoms with Crippen LogP contribution in [-0.4, -0.2) is 47.0 Å². The predicted molar refractivity (Wildman–Crippen MR) is 150 cm³/mol. The fourth-order valence-electron chi connectivity index (χ4n) is 5.97. The Morgan fingerprint density at radius 1 is 1.23 bits per heavy atom. The molecule has 3 unspecified atom stereocenters. The molecule has 8 nitrogen and oxygen atoms in total. The highest BCUT2D eigenvalue weighted by Crippen LogP contribution is 2.48. The van der Waals surface area contributed by atoms with Gasteiger partial charge in [0.15, 0.2) is 5.13 Å². The number of nitrogens with zero attached hydrogens (tertiary/aromatic N) is 3. The maximum atomic E-state index is 11.5. The van der Waals surface area contributed by atoms with Crippen LogP contribution >= 0.6 is 34.5 Å². The van der Waals surface area contributed by atoms with Crippen molar-refractivity contribution in [3.63, 3.8) is 0 Å². The van der Waals surface area contributed by atoms with E-state index in [9.17, 15) is 9.90 Å². The van der Waals surface area contributed by atoms with Crippen LogP contribution in [0.25, 0.3) is 21.5 Å². The summed E-state index contributed by atoms with van der Waals surface area (Å²) in [5, 5.41) is 15.8. The zero-order chi connectivity index (χ0) is 26.8. The molecule has 3 aliphatic rings. The fraction of sp³-hybridized carbons (Fsp3) is 0.393. The number of carbonyl (C=O) groups is 1. The molecule has 3 heterocycles. The number of fused-ring (bicyclic) bond motifs is 3. The van der Waals surface area contributed by atoms with E-state index < -0.39 is 5.97 Å². The second-order valence-corrected chi connectivity index (χ2v) is 12.3. The van der Waals surface area contributed by atoms with E-state index in [0.29, 0.717) is 57.1 Å². The van der Waals surface area contributed by atoms with Crippen LogP contribution in [0.3, 0.4) is 0 Å². The number of piperidine rings is 1. The first-order valence-electron chi connectivity index (χ1n) is 12.9. The third kappa shape index (κ3) is 4.36. The van der Waals surface area contributed by atoms with Crippen LogP contribution in [0, 0.1) is 5.92 Å². The normalized spacial score (nSPS) is 22.2. The van der Waals surface area contributed by atoms with Crippen LogP contribution in [0.5, 0.6) is 5.75 Å². The zero-order valence-electron chi connectivity index (χ0n) is 21.0. The van der Waals surface area contributed by atoms with Crippen molar-refractivity contribution in [2.45, 2.75) is 50.4 Å². The van der Waals surface area contributed by atoms with Crippen molar-refractivity contribution >= 4 is 55.9 Å². The molecule has 1 aliphatic heterocycles. The second kappa shape index (κ2) is 9.66. The van der Waals surface area contributed by atoms with Gasteiger partial charge in [0.1, 0.15) is 22.7 Å². The lowest BCUT2D eigenvalue weighted by molar-refractivity contribution is 0.0122. The molecule has 0 radical (unpaired) electrons. The highest BCUT2D eigenvalue weighted by atomic mass is 35.5. The second-order valence-electron chi connectivity index (χ2n) is 10.5. The first kappa shape index (κ1) is 25.1. The molecule has 0 amide bonds. The van der Waals surface area contributed by atoms with E-state index >= 15 is 0 Å². The third-order valence-corrected chi connectivity index (χ3v) is 9.72. The number of halogens is 2. The number of anilines is 1. The lowest BCUT2D eigenvalue weighted by Gasteiger charge is -2.31. The van der Waals surface area contributed by atoms with Crippen LogP contribution in [0.4, 0.5) is 5.13 Å². The number of methoxy groups -OCH3 is 1. The molecule has 11 heteroatoms. The Bertz CT molecular complexity index is 1580. The first-order chi connectivity index (χ1) is 18.9. The number of aromatic carboxylic acids is 1. The van der Waals surface area contributed by atoms with Gasteiger partial charge in [-0.3, -0.25) is 0 Å². The quantitative estimate of drug-likeness (QED) is 0.235. The van der Waals surface area contributed by atoms with Gasteiger partial charge in [-0.15, -0.1) is 0 Å². The van der Waals surface area contributed by atoms with E-state index in [4.69, 9.17) is 42.2 Å². The van der Waals surface area contributed by atoms with Crippen LogP contribution in [-0.2, 0) is 11.3 Å². The number of thiazole rings is 1. The summed E-state index contributed by atoms with van der Waals surface area (Å²) >= 11 is 14.5. The van der Waals surface area contributed by atoms with Crippen LogP contribution in [0.2, 0.25) is 10.0 Å². The number of carboxylic acids is 1. The van der Waals surface area contributed by atoms with Gasteiger partial charge in [0.2, 0.25) is 0 Å². The van der Waals surface area contributed by atoms with Gasteiger partial charge < -0.3 is 24.0 Å². The summed E-state index contributed by atoms with van der Waals surface area (Å²) < 4.78 is 18.6. The molecular weight excluding hydrogens is 561 g/mol. The topological polar surface area (TPSA) is 97.9 Å². The number of ether oxygens (including phenoxy) is 2. The molecule has 3 fully saturated rings. The Hall–Kier alpha value is -2.85. The van der Waals surface area contributed by atoms with Gasteiger partial charge >= 0.3 is 5.97 Å². The average molecular weight is 586 g/mol. The fourth-order valence-corrected chi connectivity index (χ4v) is 7.65. The standard InChI is InChI=1S/C28H25Cl2N3O5S/c1-36-21-8-14(27(34)35)9-22-25(21)31-28(39-22)33-11-15-7-16(33)10-20(15)37-12-17-24(32-38-26(17)13-5-6-13)23-18(29)3-2-4-19(23)30/h2-4,8-9,13,15-16,20H,5-7,10-12H2,1H3,(H,34,35). The van der Waals surface area contributed by atoms with Crippen molar-refractivity contribution in [3.8, 4) is 17.0 Å². The molecule has 1 N–H and O–H groups in total. The van der Waals surface area contributed by atoms with Crippen molar-refractivity contribution < 1.29 is 23.9 Å². The Balaban J connectivity index is 1.09. The molecule has 202 valence electrons. The third-order valence-electron chi connectivity index (χ3n) is 8.05. The molecule has 2 saturated carbocycles. The van der Waals surface area contributed by atoms with Gasteiger partial charge in [0.05, 0.1) is 40.1 Å². The molecule has 4 aromatic rings. The zero-order valence-corrected chi connectivity index (χ0v) is 23.4. The molecule has 2 aromatic heterocycles. The van der Waals surface area contributed by atoms with E-state index in [1.54, 1.807) is 6.07 Å². The maximum absolute atomic E-state index is 11.5. The Kier molecular flexibility index (Phi) is 6.23. The van der Waals surface area contributed by atoms with Crippen molar-refractivity contribution in [2.24, 2.45) is 5.92 Å². The van der Waals surface area contributed by atoms with Gasteiger partial charge in [-0.05, 0) is 49.9 Å². The van der Waals surface area contributed by atoms with Crippen LogP contribution in [0.1, 0.15) is 53.3 Å². The monoisotopic (exact) mass is 585 g/mol. The molecule has 1 saturated heterocycles. The smallest absolute Gasteiger partial charge is 0.335 e. The summed E-state index contributed by atoms with van der Waals surface area (Å²) in [4.78, 5) is 18.7. The van der Waals surface area contributed by atoms with E-state index in [1.807, 2.05) is 18.2 Å². The van der Waals surface area contributed by atoms with Crippen molar-refractivity contribution in [3.05, 3.63) is 57.3 Å². The molecule has 2 bridgehead atoms. The number of rotatable bonds is 8. The SMILES string of the molecule is COc1cc(C(=O)O)cc2sc(N3CC4CC3CC4OCc3c(-c4c(Cl)cccc4Cl)noc3C3CC3)nc12. The summed E-state index contributed by atoms with van der Waals surface area (Å²) in [7, 11) is 1.54. The van der Waals surface area contributed by atoms with Crippen LogP contribution in [0.15, 0.2) is 34.9 Å². The van der Waals surface area contributed by atoms with Crippen molar-refractivity contribution in [1.82, 2.24) is 10.1 Å². The van der Waals surface area contributed by atoms with Gasteiger partial charge in [0.25, 0.3) is 0 Å². The van der Waals surface area contributed by atoms with Crippen molar-refractivity contribution in [1.29, 1.82) is 0 Å². The Morgan fingerprint density at radius 3 is 2.69 bits per heavy atom. The summed E-state index contributed by atoms with van der Waals surface area (Å²) in [6.45, 7) is 1.24. The Morgan fingerprint density at radius 2 is 2.03 bits per heavy atom. The lowest BCUT2D eigenvalue weighted by atomic mass is 10.0. The minimum Gasteiger partial charge on any atom is -0.494 e.